The van der Waals surface area contributed by atoms with Gasteiger partial charge in [0.25, 0.3) is 5.91 Å². The second-order valence-corrected chi connectivity index (χ2v) is 7.03. The summed E-state index contributed by atoms with van der Waals surface area (Å²) in [5, 5.41) is 6.96. The molecule has 1 N–H and O–H groups in total. The molecule has 0 radical (unpaired) electrons. The number of piperidine rings is 1. The number of rotatable bonds is 4. The molecule has 0 bridgehead atoms. The minimum atomic E-state index is -0.420. The predicted octanol–water partition coefficient (Wildman–Crippen LogP) is 2.75. The van der Waals surface area contributed by atoms with Gasteiger partial charge in [0.15, 0.2) is 5.65 Å². The maximum atomic E-state index is 13.9. The summed E-state index contributed by atoms with van der Waals surface area (Å²) in [6.45, 7) is 1.94. The Hall–Kier alpha value is -2.87. The first kappa shape index (κ1) is 18.5. The molecule has 146 valence electrons. The third kappa shape index (κ3) is 3.47. The Morgan fingerprint density at radius 3 is 2.79 bits per heavy atom. The summed E-state index contributed by atoms with van der Waals surface area (Å²) in [5.74, 6) is -0.753. The first-order valence-corrected chi connectivity index (χ1v) is 9.28. The number of amides is 1. The van der Waals surface area contributed by atoms with Gasteiger partial charge in [-0.3, -0.25) is 9.69 Å². The molecular formula is C20H21F2N5O. The number of carbonyl (C=O) groups excluding carboxylic acids is 1. The Bertz CT molecular complexity index is 1010. The standard InChI is InChI=1S/C20H21F2N5O/c1-23-20(28)16-11-25-27-18(4-7-24-19(16)27)13-5-8-26(9-6-13)12-14-10-15(21)2-3-17(14)22/h2-4,7,10-11,13H,5-6,8-9,12H2,1H3,(H,23,28). The van der Waals surface area contributed by atoms with E-state index in [9.17, 15) is 13.6 Å². The molecule has 1 saturated heterocycles. The molecule has 0 unspecified atom stereocenters. The number of nitrogens with zero attached hydrogens (tertiary/aromatic N) is 4. The van der Waals surface area contributed by atoms with Gasteiger partial charge >= 0.3 is 0 Å². The minimum absolute atomic E-state index is 0.216. The van der Waals surface area contributed by atoms with Crippen LogP contribution in [0.3, 0.4) is 0 Å². The molecule has 1 aromatic carbocycles. The number of hydrogen-bond donors (Lipinski definition) is 1. The van der Waals surface area contributed by atoms with Gasteiger partial charge in [0.05, 0.1) is 6.20 Å². The summed E-state index contributed by atoms with van der Waals surface area (Å²) in [5.41, 5.74) is 2.38. The highest BCUT2D eigenvalue weighted by Crippen LogP contribution is 2.29. The largest absolute Gasteiger partial charge is 0.355 e. The lowest BCUT2D eigenvalue weighted by Gasteiger charge is -2.32. The summed E-state index contributed by atoms with van der Waals surface area (Å²) >= 11 is 0. The van der Waals surface area contributed by atoms with E-state index in [0.29, 0.717) is 23.3 Å². The third-order valence-corrected chi connectivity index (χ3v) is 5.31. The number of hydrogen-bond acceptors (Lipinski definition) is 4. The van der Waals surface area contributed by atoms with Gasteiger partial charge in [-0.2, -0.15) is 5.10 Å². The van der Waals surface area contributed by atoms with Crippen LogP contribution in [0.2, 0.25) is 0 Å². The average Bonchev–Trinajstić information content (AvgIpc) is 3.15. The van der Waals surface area contributed by atoms with E-state index in [-0.39, 0.29) is 17.6 Å². The van der Waals surface area contributed by atoms with Crippen molar-refractivity contribution in [2.24, 2.45) is 0 Å². The van der Waals surface area contributed by atoms with Crippen molar-refractivity contribution in [2.75, 3.05) is 20.1 Å². The smallest absolute Gasteiger partial charge is 0.256 e. The molecule has 0 saturated carbocycles. The molecule has 2 aromatic heterocycles. The Morgan fingerprint density at radius 1 is 1.25 bits per heavy atom. The topological polar surface area (TPSA) is 62.5 Å². The van der Waals surface area contributed by atoms with Crippen LogP contribution in [-0.2, 0) is 6.54 Å². The van der Waals surface area contributed by atoms with Crippen molar-refractivity contribution >= 4 is 11.6 Å². The molecule has 6 nitrogen and oxygen atoms in total. The number of nitrogens with one attached hydrogen (secondary N) is 1. The number of aromatic nitrogens is 3. The van der Waals surface area contributed by atoms with E-state index in [4.69, 9.17) is 0 Å². The van der Waals surface area contributed by atoms with E-state index in [1.165, 1.54) is 18.3 Å². The number of fused-ring (bicyclic) bond motifs is 1. The Labute approximate surface area is 161 Å². The van der Waals surface area contributed by atoms with Crippen LogP contribution in [0.15, 0.2) is 36.7 Å². The normalized spacial score (nSPS) is 15.8. The second kappa shape index (κ2) is 7.63. The summed E-state index contributed by atoms with van der Waals surface area (Å²) in [4.78, 5) is 18.4. The van der Waals surface area contributed by atoms with Crippen molar-refractivity contribution in [3.8, 4) is 0 Å². The Balaban J connectivity index is 1.49. The SMILES string of the molecule is CNC(=O)c1cnn2c(C3CCN(Cc4cc(F)ccc4F)CC3)ccnc12. The fourth-order valence-corrected chi connectivity index (χ4v) is 3.81. The van der Waals surface area contributed by atoms with Crippen molar-refractivity contribution in [3.05, 3.63) is 65.1 Å². The van der Waals surface area contributed by atoms with Gasteiger partial charge in [0, 0.05) is 37.0 Å². The molecule has 0 aliphatic carbocycles. The van der Waals surface area contributed by atoms with Crippen molar-refractivity contribution in [2.45, 2.75) is 25.3 Å². The van der Waals surface area contributed by atoms with Gasteiger partial charge in [0.1, 0.15) is 17.2 Å². The molecule has 0 spiro atoms. The van der Waals surface area contributed by atoms with E-state index < -0.39 is 5.82 Å². The third-order valence-electron chi connectivity index (χ3n) is 5.31. The molecule has 3 aromatic rings. The fourth-order valence-electron chi connectivity index (χ4n) is 3.81. The van der Waals surface area contributed by atoms with Crippen LogP contribution in [-0.4, -0.2) is 45.5 Å². The molecular weight excluding hydrogens is 364 g/mol. The first-order valence-electron chi connectivity index (χ1n) is 9.28. The molecule has 4 rings (SSSR count). The molecule has 1 amide bonds. The first-order chi connectivity index (χ1) is 13.6. The van der Waals surface area contributed by atoms with E-state index in [2.05, 4.69) is 20.3 Å². The summed E-state index contributed by atoms with van der Waals surface area (Å²) in [6, 6.07) is 5.50. The van der Waals surface area contributed by atoms with Gasteiger partial charge in [0.2, 0.25) is 0 Å². The number of carbonyl (C=O) groups is 1. The summed E-state index contributed by atoms with van der Waals surface area (Å²) in [6.07, 6.45) is 4.97. The van der Waals surface area contributed by atoms with E-state index >= 15 is 0 Å². The highest BCUT2D eigenvalue weighted by molar-refractivity contribution is 5.99. The number of halogens is 2. The van der Waals surface area contributed by atoms with Crippen LogP contribution in [0.1, 0.15) is 40.4 Å². The van der Waals surface area contributed by atoms with Gasteiger partial charge in [-0.05, 0) is 50.2 Å². The lowest BCUT2D eigenvalue weighted by Crippen LogP contribution is -2.33. The van der Waals surface area contributed by atoms with Gasteiger partial charge in [-0.1, -0.05) is 0 Å². The van der Waals surface area contributed by atoms with Crippen LogP contribution in [0.25, 0.3) is 5.65 Å². The quantitative estimate of drug-likeness (QED) is 0.750. The zero-order chi connectivity index (χ0) is 19.7. The lowest BCUT2D eigenvalue weighted by atomic mass is 9.93. The van der Waals surface area contributed by atoms with Crippen molar-refractivity contribution in [3.63, 3.8) is 0 Å². The van der Waals surface area contributed by atoms with E-state index in [0.717, 1.165) is 37.7 Å². The fraction of sp³-hybridized carbons (Fsp3) is 0.350. The van der Waals surface area contributed by atoms with Crippen LogP contribution < -0.4 is 5.32 Å². The van der Waals surface area contributed by atoms with Crippen LogP contribution in [0, 0.1) is 11.6 Å². The molecule has 3 heterocycles. The maximum Gasteiger partial charge on any atom is 0.256 e. The summed E-state index contributed by atoms with van der Waals surface area (Å²) in [7, 11) is 1.58. The zero-order valence-corrected chi connectivity index (χ0v) is 15.5. The summed E-state index contributed by atoms with van der Waals surface area (Å²) < 4.78 is 29.0. The number of likely N-dealkylation sites (tertiary alicyclic amines) is 1. The molecule has 1 fully saturated rings. The van der Waals surface area contributed by atoms with Gasteiger partial charge < -0.3 is 5.32 Å². The van der Waals surface area contributed by atoms with E-state index in [1.54, 1.807) is 17.8 Å². The van der Waals surface area contributed by atoms with Crippen molar-refractivity contribution in [1.29, 1.82) is 0 Å². The highest BCUT2D eigenvalue weighted by Gasteiger charge is 2.25. The van der Waals surface area contributed by atoms with E-state index in [1.807, 2.05) is 6.07 Å². The van der Waals surface area contributed by atoms with Crippen molar-refractivity contribution in [1.82, 2.24) is 24.8 Å². The molecule has 1 aliphatic heterocycles. The maximum absolute atomic E-state index is 13.9. The van der Waals surface area contributed by atoms with Crippen molar-refractivity contribution < 1.29 is 13.6 Å². The Kier molecular flexibility index (Phi) is 5.04. The van der Waals surface area contributed by atoms with Gasteiger partial charge in [-0.15, -0.1) is 0 Å². The van der Waals surface area contributed by atoms with Crippen LogP contribution in [0.4, 0.5) is 8.78 Å². The highest BCUT2D eigenvalue weighted by atomic mass is 19.1. The minimum Gasteiger partial charge on any atom is -0.355 e. The molecule has 0 atom stereocenters. The lowest BCUT2D eigenvalue weighted by molar-refractivity contribution is 0.0964. The zero-order valence-electron chi connectivity index (χ0n) is 15.5. The second-order valence-electron chi connectivity index (χ2n) is 7.03. The molecule has 28 heavy (non-hydrogen) atoms. The average molecular weight is 385 g/mol. The number of benzene rings is 1. The molecule has 8 heteroatoms. The van der Waals surface area contributed by atoms with Crippen LogP contribution >= 0.6 is 0 Å². The monoisotopic (exact) mass is 385 g/mol. The van der Waals surface area contributed by atoms with Gasteiger partial charge in [-0.25, -0.2) is 18.3 Å². The Morgan fingerprint density at radius 2 is 2.04 bits per heavy atom. The predicted molar refractivity (Wildman–Crippen MR) is 100.0 cm³/mol. The molecule has 1 aliphatic rings. The van der Waals surface area contributed by atoms with Crippen LogP contribution in [0.5, 0.6) is 0 Å².